The average Bonchev–Trinajstić information content (AvgIpc) is 2.72. The van der Waals surface area contributed by atoms with Gasteiger partial charge < -0.3 is 15.1 Å². The van der Waals surface area contributed by atoms with E-state index in [1.54, 1.807) is 28.8 Å². The summed E-state index contributed by atoms with van der Waals surface area (Å²) in [6, 6.07) is 12.1. The number of carbonyl (C=O) groups is 1. The molecule has 0 radical (unpaired) electrons. The maximum absolute atomic E-state index is 13.3. The number of piperazine rings is 1. The van der Waals surface area contributed by atoms with Gasteiger partial charge in [0.2, 0.25) is 0 Å². The number of hydrogen-bond donors (Lipinski definition) is 1. The molecule has 1 amide bonds. The van der Waals surface area contributed by atoms with Crippen molar-refractivity contribution in [3.05, 3.63) is 68.0 Å². The largest absolute Gasteiger partial charge is 0.308 e. The second kappa shape index (κ2) is 9.33. The Morgan fingerprint density at radius 3 is 2.73 bits per heavy atom. The van der Waals surface area contributed by atoms with Gasteiger partial charge in [-0.15, -0.1) is 11.8 Å². The van der Waals surface area contributed by atoms with Crippen LogP contribution in [0.15, 0.2) is 41.3 Å². The number of hydrogen-bond acceptors (Lipinski definition) is 4. The molecule has 0 spiro atoms. The van der Waals surface area contributed by atoms with Crippen LogP contribution >= 0.6 is 35.0 Å². The molecule has 1 atom stereocenters. The summed E-state index contributed by atoms with van der Waals surface area (Å²) in [6.07, 6.45) is 2.05. The van der Waals surface area contributed by atoms with Gasteiger partial charge in [0, 0.05) is 43.7 Å². The Bertz CT molecular complexity index is 994. The van der Waals surface area contributed by atoms with Gasteiger partial charge in [-0.25, -0.2) is 0 Å². The molecule has 2 aliphatic rings. The molecule has 0 aromatic heterocycles. The molecule has 4 nitrogen and oxygen atoms in total. The fourth-order valence-electron chi connectivity index (χ4n) is 3.93. The Morgan fingerprint density at radius 2 is 1.97 bits per heavy atom. The first-order valence-electron chi connectivity index (χ1n) is 10.1. The molecule has 2 aliphatic heterocycles. The second-order valence-electron chi connectivity index (χ2n) is 7.81. The Morgan fingerprint density at radius 1 is 1.13 bits per heavy atom. The first kappa shape index (κ1) is 21.7. The van der Waals surface area contributed by atoms with Gasteiger partial charge in [-0.2, -0.15) is 0 Å². The minimum absolute atomic E-state index is 0.00539. The lowest BCUT2D eigenvalue weighted by Crippen LogP contribution is -2.43. The Balaban J connectivity index is 1.66. The van der Waals surface area contributed by atoms with Crippen LogP contribution < -0.4 is 10.2 Å². The van der Waals surface area contributed by atoms with Crippen molar-refractivity contribution in [1.82, 2.24) is 10.2 Å². The fraction of sp³-hybridized carbons (Fsp3) is 0.348. The number of likely N-dealkylation sites (N-methyl/N-ethyl adjacent to an activating group) is 1. The minimum Gasteiger partial charge on any atom is -0.308 e. The molecule has 1 unspecified atom stereocenters. The van der Waals surface area contributed by atoms with Crippen LogP contribution in [0.25, 0.3) is 6.08 Å². The molecule has 7 heteroatoms. The highest BCUT2D eigenvalue weighted by molar-refractivity contribution is 8.04. The van der Waals surface area contributed by atoms with E-state index >= 15 is 0 Å². The maximum atomic E-state index is 13.3. The summed E-state index contributed by atoms with van der Waals surface area (Å²) in [5, 5.41) is 4.57. The number of benzene rings is 2. The van der Waals surface area contributed by atoms with Crippen molar-refractivity contribution in [2.24, 2.45) is 0 Å². The number of rotatable bonds is 3. The molecule has 0 aliphatic carbocycles. The Hall–Kier alpha value is -1.50. The molecule has 2 saturated heterocycles. The van der Waals surface area contributed by atoms with Crippen molar-refractivity contribution in [1.29, 1.82) is 0 Å². The zero-order valence-electron chi connectivity index (χ0n) is 17.1. The van der Waals surface area contributed by atoms with Crippen molar-refractivity contribution >= 4 is 52.6 Å². The standard InChI is InChI=1S/C23H25Cl2N3OS/c1-15-3-5-18(21-14-27(2)8-7-26-21)16(11-15)12-22-23(29)28(9-10-30-22)17-4-6-19(24)20(25)13-17/h3-6,11-13,21,26H,7-10,14H2,1-2H3. The van der Waals surface area contributed by atoms with Crippen LogP contribution in [0.3, 0.4) is 0 Å². The Kier molecular flexibility index (Phi) is 6.75. The van der Waals surface area contributed by atoms with Crippen LogP contribution in [0.4, 0.5) is 5.69 Å². The number of nitrogens with one attached hydrogen (secondary N) is 1. The van der Waals surface area contributed by atoms with Crippen molar-refractivity contribution in [2.75, 3.05) is 43.9 Å². The number of amides is 1. The van der Waals surface area contributed by atoms with E-state index < -0.39 is 0 Å². The number of nitrogens with zero attached hydrogens (tertiary/aromatic N) is 2. The number of halogens is 2. The summed E-state index contributed by atoms with van der Waals surface area (Å²) in [5.74, 6) is 0.842. The van der Waals surface area contributed by atoms with Gasteiger partial charge in [0.15, 0.2) is 0 Å². The predicted octanol–water partition coefficient (Wildman–Crippen LogP) is 5.00. The van der Waals surface area contributed by atoms with Gasteiger partial charge >= 0.3 is 0 Å². The number of carbonyl (C=O) groups excluding carboxylic acids is 1. The summed E-state index contributed by atoms with van der Waals surface area (Å²) in [6.45, 7) is 5.70. The number of aryl methyl sites for hydroxylation is 1. The highest BCUT2D eigenvalue weighted by atomic mass is 35.5. The highest BCUT2D eigenvalue weighted by Gasteiger charge is 2.27. The van der Waals surface area contributed by atoms with Gasteiger partial charge in [-0.1, -0.05) is 47.0 Å². The molecular formula is C23H25Cl2N3OS. The quantitative estimate of drug-likeness (QED) is 0.652. The lowest BCUT2D eigenvalue weighted by Gasteiger charge is -2.32. The van der Waals surface area contributed by atoms with E-state index in [4.69, 9.17) is 23.2 Å². The molecule has 2 heterocycles. The molecule has 0 bridgehead atoms. The predicted molar refractivity (Wildman–Crippen MR) is 129 cm³/mol. The van der Waals surface area contributed by atoms with Crippen molar-refractivity contribution < 1.29 is 4.79 Å². The van der Waals surface area contributed by atoms with Crippen molar-refractivity contribution in [3.63, 3.8) is 0 Å². The maximum Gasteiger partial charge on any atom is 0.264 e. The van der Waals surface area contributed by atoms with Crippen LogP contribution in [0.1, 0.15) is 22.7 Å². The molecule has 4 rings (SSSR count). The lowest BCUT2D eigenvalue weighted by molar-refractivity contribution is -0.114. The zero-order valence-corrected chi connectivity index (χ0v) is 19.4. The van der Waals surface area contributed by atoms with Crippen LogP contribution in [-0.2, 0) is 4.79 Å². The van der Waals surface area contributed by atoms with E-state index in [0.717, 1.165) is 41.5 Å². The zero-order chi connectivity index (χ0) is 21.3. The van der Waals surface area contributed by atoms with Crippen LogP contribution in [0.5, 0.6) is 0 Å². The highest BCUT2D eigenvalue weighted by Crippen LogP contribution is 2.34. The van der Waals surface area contributed by atoms with Gasteiger partial charge in [0.1, 0.15) is 0 Å². The third-order valence-corrected chi connectivity index (χ3v) is 7.26. The topological polar surface area (TPSA) is 35.6 Å². The molecule has 158 valence electrons. The molecular weight excluding hydrogens is 437 g/mol. The van der Waals surface area contributed by atoms with Gasteiger partial charge in [0.05, 0.1) is 15.0 Å². The summed E-state index contributed by atoms with van der Waals surface area (Å²) in [7, 11) is 2.15. The monoisotopic (exact) mass is 461 g/mol. The molecule has 2 fully saturated rings. The number of anilines is 1. The SMILES string of the molecule is Cc1ccc(C2CN(C)CCN2)c(C=C2SCCN(c3ccc(Cl)c(Cl)c3)C2=O)c1. The van der Waals surface area contributed by atoms with Crippen LogP contribution in [0, 0.1) is 6.92 Å². The fourth-order valence-corrected chi connectivity index (χ4v) is 5.16. The van der Waals surface area contributed by atoms with E-state index in [9.17, 15) is 4.79 Å². The van der Waals surface area contributed by atoms with Crippen molar-refractivity contribution in [2.45, 2.75) is 13.0 Å². The Labute approximate surface area is 192 Å². The van der Waals surface area contributed by atoms with Gasteiger partial charge in [-0.3, -0.25) is 4.79 Å². The van der Waals surface area contributed by atoms with Crippen LogP contribution in [-0.4, -0.2) is 49.8 Å². The van der Waals surface area contributed by atoms with Gasteiger partial charge in [-0.05, 0) is 49.4 Å². The molecule has 30 heavy (non-hydrogen) atoms. The van der Waals surface area contributed by atoms with E-state index in [-0.39, 0.29) is 11.9 Å². The summed E-state index contributed by atoms with van der Waals surface area (Å²) in [4.78, 5) is 18.2. The first-order chi connectivity index (χ1) is 14.4. The van der Waals surface area contributed by atoms with Crippen LogP contribution in [0.2, 0.25) is 10.0 Å². The van der Waals surface area contributed by atoms with E-state index in [1.807, 2.05) is 6.07 Å². The summed E-state index contributed by atoms with van der Waals surface area (Å²) < 4.78 is 0. The smallest absolute Gasteiger partial charge is 0.264 e. The third kappa shape index (κ3) is 4.71. The summed E-state index contributed by atoms with van der Waals surface area (Å²) >= 11 is 13.8. The molecule has 2 aromatic carbocycles. The van der Waals surface area contributed by atoms with Crippen molar-refractivity contribution in [3.8, 4) is 0 Å². The minimum atomic E-state index is 0.00539. The van der Waals surface area contributed by atoms with E-state index in [1.165, 1.54) is 11.1 Å². The van der Waals surface area contributed by atoms with E-state index in [0.29, 0.717) is 16.6 Å². The number of thioether (sulfide) groups is 1. The molecule has 1 N–H and O–H groups in total. The average molecular weight is 462 g/mol. The third-order valence-electron chi connectivity index (χ3n) is 5.53. The lowest BCUT2D eigenvalue weighted by atomic mass is 9.96. The first-order valence-corrected chi connectivity index (χ1v) is 11.8. The van der Waals surface area contributed by atoms with Gasteiger partial charge in [0.25, 0.3) is 5.91 Å². The molecule has 0 saturated carbocycles. The normalized spacial score (nSPS) is 22.0. The molecule has 2 aromatic rings. The second-order valence-corrected chi connectivity index (χ2v) is 9.76. The van der Waals surface area contributed by atoms with E-state index in [2.05, 4.69) is 48.5 Å². The summed E-state index contributed by atoms with van der Waals surface area (Å²) in [5.41, 5.74) is 4.30.